The number of nitrogens with zero attached hydrogens (tertiary/aromatic N) is 1. The predicted octanol–water partition coefficient (Wildman–Crippen LogP) is 4.95. The van der Waals surface area contributed by atoms with Gasteiger partial charge in [-0.25, -0.2) is 0 Å². The maximum absolute atomic E-state index is 11.5. The SMILES string of the molecule is COc1cc(C)c2[nH]ccc2c1CN1CCC(C)(C)CC1c1ccc(C(N)=O)cc1. The first-order chi connectivity index (χ1) is 14.3. The zero-order valence-electron chi connectivity index (χ0n) is 18.3. The van der Waals surface area contributed by atoms with E-state index in [1.165, 1.54) is 27.6 Å². The molecule has 1 aromatic heterocycles. The van der Waals surface area contributed by atoms with Gasteiger partial charge in [-0.3, -0.25) is 9.69 Å². The zero-order valence-corrected chi connectivity index (χ0v) is 18.3. The lowest BCUT2D eigenvalue weighted by Gasteiger charge is -2.44. The molecule has 0 bridgehead atoms. The molecule has 1 aliphatic heterocycles. The van der Waals surface area contributed by atoms with Crippen LogP contribution in [0.1, 0.15) is 59.8 Å². The molecule has 1 saturated heterocycles. The largest absolute Gasteiger partial charge is 0.496 e. The van der Waals surface area contributed by atoms with E-state index in [2.05, 4.69) is 54.9 Å². The molecule has 5 nitrogen and oxygen atoms in total. The lowest BCUT2D eigenvalue weighted by Crippen LogP contribution is -2.39. The number of carbonyl (C=O) groups excluding carboxylic acids is 1. The lowest BCUT2D eigenvalue weighted by atomic mass is 9.76. The van der Waals surface area contributed by atoms with Crippen LogP contribution in [0.15, 0.2) is 42.6 Å². The number of nitrogens with one attached hydrogen (secondary N) is 1. The van der Waals surface area contributed by atoms with Crippen molar-refractivity contribution in [3.05, 3.63) is 64.8 Å². The molecule has 2 heterocycles. The molecular weight excluding hydrogens is 374 g/mol. The van der Waals surface area contributed by atoms with Crippen molar-refractivity contribution >= 4 is 16.8 Å². The Morgan fingerprint density at radius 2 is 2.00 bits per heavy atom. The molecule has 5 heteroatoms. The number of primary amides is 1. The summed E-state index contributed by atoms with van der Waals surface area (Å²) in [4.78, 5) is 17.4. The van der Waals surface area contributed by atoms with Gasteiger partial charge >= 0.3 is 0 Å². The van der Waals surface area contributed by atoms with Crippen molar-refractivity contribution in [2.24, 2.45) is 11.1 Å². The van der Waals surface area contributed by atoms with Crippen LogP contribution in [0.3, 0.4) is 0 Å². The van der Waals surface area contributed by atoms with Gasteiger partial charge in [0.1, 0.15) is 5.75 Å². The summed E-state index contributed by atoms with van der Waals surface area (Å²) in [5.74, 6) is 0.550. The van der Waals surface area contributed by atoms with E-state index in [4.69, 9.17) is 10.5 Å². The van der Waals surface area contributed by atoms with Crippen LogP contribution in [0.25, 0.3) is 10.9 Å². The topological polar surface area (TPSA) is 71.3 Å². The average molecular weight is 406 g/mol. The number of likely N-dealkylation sites (tertiary alicyclic amines) is 1. The number of nitrogens with two attached hydrogens (primary N) is 1. The maximum Gasteiger partial charge on any atom is 0.248 e. The Kier molecular flexibility index (Phi) is 5.33. The fourth-order valence-corrected chi connectivity index (χ4v) is 4.73. The van der Waals surface area contributed by atoms with Crippen molar-refractivity contribution in [2.75, 3.05) is 13.7 Å². The lowest BCUT2D eigenvalue weighted by molar-refractivity contribution is 0.0634. The number of piperidine rings is 1. The molecule has 1 aliphatic rings. The smallest absolute Gasteiger partial charge is 0.248 e. The Hall–Kier alpha value is -2.79. The summed E-state index contributed by atoms with van der Waals surface area (Å²) in [5.41, 5.74) is 11.1. The number of aryl methyl sites for hydroxylation is 1. The van der Waals surface area contributed by atoms with Crippen LogP contribution < -0.4 is 10.5 Å². The second-order valence-corrected chi connectivity index (χ2v) is 9.23. The highest BCUT2D eigenvalue weighted by Crippen LogP contribution is 2.43. The molecule has 1 amide bonds. The number of hydrogen-bond acceptors (Lipinski definition) is 3. The molecule has 4 rings (SSSR count). The third-order valence-corrected chi connectivity index (χ3v) is 6.54. The first-order valence-corrected chi connectivity index (χ1v) is 10.6. The van der Waals surface area contributed by atoms with Crippen LogP contribution in [0.4, 0.5) is 0 Å². The first-order valence-electron chi connectivity index (χ1n) is 10.6. The fraction of sp³-hybridized carbons (Fsp3) is 0.400. The Balaban J connectivity index is 1.72. The van der Waals surface area contributed by atoms with Gasteiger partial charge in [-0.05, 0) is 67.1 Å². The monoisotopic (exact) mass is 405 g/mol. The highest BCUT2D eigenvalue weighted by molar-refractivity contribution is 5.92. The number of amides is 1. The van der Waals surface area contributed by atoms with E-state index in [-0.39, 0.29) is 17.4 Å². The summed E-state index contributed by atoms with van der Waals surface area (Å²) in [7, 11) is 1.75. The van der Waals surface area contributed by atoms with E-state index in [1.807, 2.05) is 18.3 Å². The summed E-state index contributed by atoms with van der Waals surface area (Å²) in [6, 6.07) is 12.3. The molecule has 0 spiro atoms. The molecule has 3 aromatic rings. The van der Waals surface area contributed by atoms with E-state index in [0.29, 0.717) is 5.56 Å². The zero-order chi connectivity index (χ0) is 21.5. The van der Waals surface area contributed by atoms with Gasteiger partial charge < -0.3 is 15.5 Å². The highest BCUT2D eigenvalue weighted by Gasteiger charge is 2.34. The van der Waals surface area contributed by atoms with Gasteiger partial charge in [0.2, 0.25) is 5.91 Å². The van der Waals surface area contributed by atoms with Crippen LogP contribution in [0.2, 0.25) is 0 Å². The first kappa shape index (κ1) is 20.5. The minimum atomic E-state index is -0.387. The second-order valence-electron chi connectivity index (χ2n) is 9.23. The number of fused-ring (bicyclic) bond motifs is 1. The van der Waals surface area contributed by atoms with Gasteiger partial charge in [0.15, 0.2) is 0 Å². The van der Waals surface area contributed by atoms with Gasteiger partial charge in [0, 0.05) is 40.8 Å². The van der Waals surface area contributed by atoms with E-state index < -0.39 is 0 Å². The predicted molar refractivity (Wildman–Crippen MR) is 121 cm³/mol. The minimum absolute atomic E-state index is 0.268. The van der Waals surface area contributed by atoms with Crippen molar-refractivity contribution in [1.82, 2.24) is 9.88 Å². The number of aromatic amines is 1. The summed E-state index contributed by atoms with van der Waals surface area (Å²) in [6.07, 6.45) is 4.21. The molecule has 2 aromatic carbocycles. The van der Waals surface area contributed by atoms with Gasteiger partial charge in [0.25, 0.3) is 0 Å². The van der Waals surface area contributed by atoms with E-state index in [0.717, 1.165) is 31.7 Å². The van der Waals surface area contributed by atoms with Crippen molar-refractivity contribution in [2.45, 2.75) is 46.2 Å². The summed E-state index contributed by atoms with van der Waals surface area (Å²) >= 11 is 0. The summed E-state index contributed by atoms with van der Waals surface area (Å²) in [5, 5.41) is 1.22. The Bertz CT molecular complexity index is 1070. The van der Waals surface area contributed by atoms with E-state index >= 15 is 0 Å². The average Bonchev–Trinajstić information content (AvgIpc) is 3.21. The summed E-state index contributed by atoms with van der Waals surface area (Å²) < 4.78 is 5.78. The minimum Gasteiger partial charge on any atom is -0.496 e. The molecule has 1 atom stereocenters. The number of methoxy groups -OCH3 is 1. The number of carbonyl (C=O) groups is 1. The number of benzene rings is 2. The Morgan fingerprint density at radius 1 is 1.27 bits per heavy atom. The standard InChI is InChI=1S/C25H31N3O2/c1-16-13-22(30-4)20(19-9-11-27-23(16)19)15-28-12-10-25(2,3)14-21(28)17-5-7-18(8-6-17)24(26)29/h5-9,11,13,21,27H,10,12,14-15H2,1-4H3,(H2,26,29). The molecule has 0 aliphatic carbocycles. The van der Waals surface area contributed by atoms with Crippen LogP contribution in [-0.4, -0.2) is 29.4 Å². The quantitative estimate of drug-likeness (QED) is 0.631. The van der Waals surface area contributed by atoms with E-state index in [9.17, 15) is 4.79 Å². The number of aromatic nitrogens is 1. The van der Waals surface area contributed by atoms with Crippen LogP contribution >= 0.6 is 0 Å². The Morgan fingerprint density at radius 3 is 2.67 bits per heavy atom. The highest BCUT2D eigenvalue weighted by atomic mass is 16.5. The van der Waals surface area contributed by atoms with Gasteiger partial charge in [-0.15, -0.1) is 0 Å². The molecular formula is C25H31N3O2. The number of ether oxygens (including phenoxy) is 1. The fourth-order valence-electron chi connectivity index (χ4n) is 4.73. The molecule has 1 fully saturated rings. The van der Waals surface area contributed by atoms with Gasteiger partial charge in [-0.1, -0.05) is 26.0 Å². The third-order valence-electron chi connectivity index (χ3n) is 6.54. The Labute approximate surface area is 178 Å². The summed E-state index contributed by atoms with van der Waals surface area (Å²) in [6.45, 7) is 8.61. The van der Waals surface area contributed by atoms with Crippen molar-refractivity contribution in [1.29, 1.82) is 0 Å². The van der Waals surface area contributed by atoms with E-state index in [1.54, 1.807) is 7.11 Å². The second kappa shape index (κ2) is 7.80. The number of rotatable bonds is 5. The third kappa shape index (κ3) is 3.82. The molecule has 3 N–H and O–H groups in total. The molecule has 1 unspecified atom stereocenters. The molecule has 0 radical (unpaired) electrons. The van der Waals surface area contributed by atoms with Crippen molar-refractivity contribution in [3.8, 4) is 5.75 Å². The van der Waals surface area contributed by atoms with Gasteiger partial charge in [0.05, 0.1) is 7.11 Å². The van der Waals surface area contributed by atoms with Crippen molar-refractivity contribution < 1.29 is 9.53 Å². The van der Waals surface area contributed by atoms with Crippen molar-refractivity contribution in [3.63, 3.8) is 0 Å². The van der Waals surface area contributed by atoms with Crippen LogP contribution in [0, 0.1) is 12.3 Å². The molecule has 0 saturated carbocycles. The van der Waals surface area contributed by atoms with Crippen LogP contribution in [0.5, 0.6) is 5.75 Å². The molecule has 30 heavy (non-hydrogen) atoms. The maximum atomic E-state index is 11.5. The van der Waals surface area contributed by atoms with Crippen LogP contribution in [-0.2, 0) is 6.54 Å². The molecule has 158 valence electrons. The number of hydrogen-bond donors (Lipinski definition) is 2. The number of H-pyrrole nitrogens is 1. The normalized spacial score (nSPS) is 19.1. The van der Waals surface area contributed by atoms with Gasteiger partial charge in [-0.2, -0.15) is 0 Å².